The Bertz CT molecular complexity index is 1030. The normalized spacial score (nSPS) is 17.5. The largest absolute Gasteiger partial charge is 0.332 e. The lowest BCUT2D eigenvalue weighted by Crippen LogP contribution is -2.42. The number of para-hydroxylation sites is 1. The quantitative estimate of drug-likeness (QED) is 0.763. The first-order valence-electron chi connectivity index (χ1n) is 8.56. The van der Waals surface area contributed by atoms with Crippen LogP contribution >= 0.6 is 11.3 Å². The molecule has 1 unspecified atom stereocenters. The fraction of sp³-hybridized carbons (Fsp3) is 0.333. The minimum Gasteiger partial charge on any atom is -0.332 e. The van der Waals surface area contributed by atoms with Gasteiger partial charge in [0.1, 0.15) is 11.6 Å². The van der Waals surface area contributed by atoms with Crippen LogP contribution in [0.3, 0.4) is 0 Å². The van der Waals surface area contributed by atoms with E-state index in [-0.39, 0.29) is 18.5 Å². The number of thiazole rings is 1. The molecule has 7 nitrogen and oxygen atoms in total. The van der Waals surface area contributed by atoms with Crippen LogP contribution in [0, 0.1) is 0 Å². The predicted octanol–water partition coefficient (Wildman–Crippen LogP) is 1.90. The Labute approximate surface area is 152 Å². The Morgan fingerprint density at radius 2 is 2.08 bits per heavy atom. The summed E-state index contributed by atoms with van der Waals surface area (Å²) in [5.41, 5.74) is -0.0919. The summed E-state index contributed by atoms with van der Waals surface area (Å²) in [6.45, 7) is 0.564. The molecular weight excluding hydrogens is 352 g/mol. The summed E-state index contributed by atoms with van der Waals surface area (Å²) in [5, 5.41) is 0.938. The standard InChI is InChI=1S/C18H18N4O3S/c23-15-8-10-21(18(25)20-15)11-16(24)22-9-4-3-6-13(22)17-19-12-5-1-2-7-14(12)26-17/h1-2,5,7-8,10,13H,3-4,6,9,11H2,(H,20,23,25). The number of aromatic nitrogens is 3. The van der Waals surface area contributed by atoms with Gasteiger partial charge in [0.05, 0.1) is 16.3 Å². The summed E-state index contributed by atoms with van der Waals surface area (Å²) in [5.74, 6) is -0.136. The van der Waals surface area contributed by atoms with Crippen molar-refractivity contribution in [2.75, 3.05) is 6.54 Å². The molecule has 134 valence electrons. The average molecular weight is 370 g/mol. The summed E-state index contributed by atoms with van der Waals surface area (Å²) in [6, 6.07) is 9.13. The lowest BCUT2D eigenvalue weighted by molar-refractivity contribution is -0.135. The third-order valence-corrected chi connectivity index (χ3v) is 5.76. The van der Waals surface area contributed by atoms with Crippen LogP contribution in [0.5, 0.6) is 0 Å². The second-order valence-corrected chi connectivity index (χ2v) is 7.42. The Hall–Kier alpha value is -2.74. The second-order valence-electron chi connectivity index (χ2n) is 6.36. The molecule has 26 heavy (non-hydrogen) atoms. The van der Waals surface area contributed by atoms with Crippen LogP contribution < -0.4 is 11.2 Å². The average Bonchev–Trinajstić information content (AvgIpc) is 3.08. The molecule has 0 radical (unpaired) electrons. The second kappa shape index (κ2) is 6.87. The maximum Gasteiger partial charge on any atom is 0.328 e. The summed E-state index contributed by atoms with van der Waals surface area (Å²) >= 11 is 1.62. The molecule has 1 amide bonds. The molecule has 2 aromatic heterocycles. The van der Waals surface area contributed by atoms with Gasteiger partial charge in [-0.05, 0) is 31.4 Å². The molecule has 3 heterocycles. The van der Waals surface area contributed by atoms with Crippen LogP contribution in [0.25, 0.3) is 10.2 Å². The number of hydrogen-bond donors (Lipinski definition) is 1. The zero-order valence-corrected chi connectivity index (χ0v) is 14.9. The van der Waals surface area contributed by atoms with Crippen molar-refractivity contribution in [2.45, 2.75) is 31.8 Å². The molecule has 8 heteroatoms. The molecule has 1 saturated heterocycles. The van der Waals surface area contributed by atoms with Crippen LogP contribution in [-0.2, 0) is 11.3 Å². The van der Waals surface area contributed by atoms with Crippen molar-refractivity contribution in [1.29, 1.82) is 0 Å². The van der Waals surface area contributed by atoms with Gasteiger partial charge in [0.25, 0.3) is 5.56 Å². The number of hydrogen-bond acceptors (Lipinski definition) is 5. The topological polar surface area (TPSA) is 88.1 Å². The zero-order valence-electron chi connectivity index (χ0n) is 14.1. The Kier molecular flexibility index (Phi) is 4.42. The lowest BCUT2D eigenvalue weighted by atomic mass is 10.0. The maximum absolute atomic E-state index is 12.9. The smallest absolute Gasteiger partial charge is 0.328 e. The van der Waals surface area contributed by atoms with Crippen molar-refractivity contribution < 1.29 is 4.79 Å². The van der Waals surface area contributed by atoms with E-state index in [1.165, 1.54) is 16.8 Å². The molecule has 0 saturated carbocycles. The molecule has 1 aliphatic heterocycles. The number of carbonyl (C=O) groups is 1. The van der Waals surface area contributed by atoms with Crippen molar-refractivity contribution >= 4 is 27.5 Å². The molecule has 1 N–H and O–H groups in total. The third-order valence-electron chi connectivity index (χ3n) is 4.62. The number of fused-ring (bicyclic) bond motifs is 1. The number of carbonyl (C=O) groups excluding carboxylic acids is 1. The van der Waals surface area contributed by atoms with Gasteiger partial charge in [-0.1, -0.05) is 12.1 Å². The fourth-order valence-electron chi connectivity index (χ4n) is 3.32. The van der Waals surface area contributed by atoms with E-state index in [0.29, 0.717) is 6.54 Å². The first-order valence-corrected chi connectivity index (χ1v) is 9.38. The first kappa shape index (κ1) is 16.7. The number of nitrogens with one attached hydrogen (secondary N) is 1. The minimum absolute atomic E-state index is 0.0629. The van der Waals surface area contributed by atoms with E-state index in [2.05, 4.69) is 4.98 Å². The van der Waals surface area contributed by atoms with Gasteiger partial charge >= 0.3 is 5.69 Å². The van der Waals surface area contributed by atoms with Crippen molar-refractivity contribution in [1.82, 2.24) is 19.4 Å². The van der Waals surface area contributed by atoms with E-state index in [1.807, 2.05) is 29.2 Å². The summed E-state index contributed by atoms with van der Waals surface area (Å²) < 4.78 is 2.34. The van der Waals surface area contributed by atoms with Gasteiger partial charge in [-0.3, -0.25) is 19.1 Å². The highest BCUT2D eigenvalue weighted by molar-refractivity contribution is 7.18. The number of aromatic amines is 1. The Morgan fingerprint density at radius 3 is 2.88 bits per heavy atom. The molecule has 1 aliphatic rings. The molecule has 1 aromatic carbocycles. The fourth-order valence-corrected chi connectivity index (χ4v) is 4.44. The van der Waals surface area contributed by atoms with Gasteiger partial charge in [-0.2, -0.15) is 0 Å². The Balaban J connectivity index is 1.61. The SMILES string of the molecule is O=C(Cn1ccc(=O)[nH]c1=O)N1CCCCC1c1nc2ccccc2s1. The number of likely N-dealkylation sites (tertiary alicyclic amines) is 1. The van der Waals surface area contributed by atoms with E-state index in [9.17, 15) is 14.4 Å². The monoisotopic (exact) mass is 370 g/mol. The van der Waals surface area contributed by atoms with E-state index in [4.69, 9.17) is 4.98 Å². The van der Waals surface area contributed by atoms with Crippen LogP contribution in [-0.4, -0.2) is 31.9 Å². The van der Waals surface area contributed by atoms with E-state index in [1.54, 1.807) is 11.3 Å². The van der Waals surface area contributed by atoms with Gasteiger partial charge < -0.3 is 4.90 Å². The molecule has 0 spiro atoms. The predicted molar refractivity (Wildman–Crippen MR) is 99.2 cm³/mol. The number of benzene rings is 1. The van der Waals surface area contributed by atoms with Crippen LogP contribution in [0.1, 0.15) is 30.3 Å². The lowest BCUT2D eigenvalue weighted by Gasteiger charge is -2.34. The minimum atomic E-state index is -0.570. The molecule has 4 rings (SSSR count). The summed E-state index contributed by atoms with van der Waals surface area (Å²) in [7, 11) is 0. The summed E-state index contributed by atoms with van der Waals surface area (Å²) in [4.78, 5) is 44.6. The highest BCUT2D eigenvalue weighted by Crippen LogP contribution is 2.35. The number of piperidine rings is 1. The van der Waals surface area contributed by atoms with Crippen LogP contribution in [0.4, 0.5) is 0 Å². The maximum atomic E-state index is 12.9. The molecule has 0 aliphatic carbocycles. The van der Waals surface area contributed by atoms with E-state index >= 15 is 0 Å². The van der Waals surface area contributed by atoms with Crippen LogP contribution in [0.2, 0.25) is 0 Å². The highest BCUT2D eigenvalue weighted by atomic mass is 32.1. The number of amides is 1. The van der Waals surface area contributed by atoms with Crippen molar-refractivity contribution in [3.8, 4) is 0 Å². The van der Waals surface area contributed by atoms with Gasteiger partial charge in [0.15, 0.2) is 0 Å². The number of H-pyrrole nitrogens is 1. The molecule has 0 bridgehead atoms. The molecule has 1 atom stereocenters. The highest BCUT2D eigenvalue weighted by Gasteiger charge is 2.30. The van der Waals surface area contributed by atoms with Crippen LogP contribution in [0.15, 0.2) is 46.1 Å². The first-order chi connectivity index (χ1) is 12.6. The third kappa shape index (κ3) is 3.20. The number of nitrogens with zero attached hydrogens (tertiary/aromatic N) is 3. The van der Waals surface area contributed by atoms with E-state index < -0.39 is 11.2 Å². The van der Waals surface area contributed by atoms with Gasteiger partial charge in [-0.25, -0.2) is 9.78 Å². The molecular formula is C18H18N4O3S. The van der Waals surface area contributed by atoms with Crippen molar-refractivity contribution in [2.24, 2.45) is 0 Å². The van der Waals surface area contributed by atoms with E-state index in [0.717, 1.165) is 34.5 Å². The molecule has 1 fully saturated rings. The van der Waals surface area contributed by atoms with Crippen molar-refractivity contribution in [3.63, 3.8) is 0 Å². The van der Waals surface area contributed by atoms with Gasteiger partial charge in [-0.15, -0.1) is 11.3 Å². The Morgan fingerprint density at radius 1 is 1.23 bits per heavy atom. The van der Waals surface area contributed by atoms with Gasteiger partial charge in [0, 0.05) is 18.8 Å². The summed E-state index contributed by atoms with van der Waals surface area (Å²) in [6.07, 6.45) is 4.21. The van der Waals surface area contributed by atoms with Gasteiger partial charge in [0.2, 0.25) is 5.91 Å². The van der Waals surface area contributed by atoms with Crippen molar-refractivity contribution in [3.05, 3.63) is 62.4 Å². The molecule has 3 aromatic rings. The number of rotatable bonds is 3. The zero-order chi connectivity index (χ0) is 18.1.